The number of nitrogens with one attached hydrogen (secondary N) is 1. The van der Waals surface area contributed by atoms with E-state index < -0.39 is 5.54 Å². The van der Waals surface area contributed by atoms with Crippen molar-refractivity contribution in [1.29, 1.82) is 0 Å². The zero-order chi connectivity index (χ0) is 16.8. The van der Waals surface area contributed by atoms with Gasteiger partial charge in [0.05, 0.1) is 12.1 Å². The Labute approximate surface area is 149 Å². The van der Waals surface area contributed by atoms with Gasteiger partial charge in [0, 0.05) is 16.9 Å². The van der Waals surface area contributed by atoms with Gasteiger partial charge in [0.1, 0.15) is 0 Å². The zero-order valence-electron chi connectivity index (χ0n) is 13.5. The van der Waals surface area contributed by atoms with E-state index in [2.05, 4.69) is 26.2 Å². The van der Waals surface area contributed by atoms with Gasteiger partial charge in [-0.05, 0) is 48.8 Å². The number of rotatable bonds is 4. The number of carbonyl (C=O) groups excluding carboxylic acids is 1. The Morgan fingerprint density at radius 2 is 2.00 bits per heavy atom. The average Bonchev–Trinajstić information content (AvgIpc) is 2.91. The summed E-state index contributed by atoms with van der Waals surface area (Å²) in [6, 6.07) is 8.11. The first-order valence-electron chi connectivity index (χ1n) is 8.34. The minimum atomic E-state index is -0.727. The van der Waals surface area contributed by atoms with Crippen LogP contribution in [0, 0.1) is 5.41 Å². The molecule has 24 heavy (non-hydrogen) atoms. The highest BCUT2D eigenvalue weighted by molar-refractivity contribution is 9.10. The molecule has 1 amide bonds. The van der Waals surface area contributed by atoms with Crippen molar-refractivity contribution in [2.24, 2.45) is 11.1 Å². The number of nitrogens with zero attached hydrogens (tertiary/aromatic N) is 2. The lowest BCUT2D eigenvalue weighted by Crippen LogP contribution is -2.66. The predicted octanol–water partition coefficient (Wildman–Crippen LogP) is 3.29. The van der Waals surface area contributed by atoms with E-state index in [4.69, 9.17) is 5.73 Å². The minimum absolute atomic E-state index is 0.108. The van der Waals surface area contributed by atoms with Gasteiger partial charge in [-0.25, -0.2) is 4.98 Å². The average molecular weight is 389 g/mol. The fraction of sp³-hybridized carbons (Fsp3) is 0.444. The van der Waals surface area contributed by atoms with Crippen molar-refractivity contribution in [1.82, 2.24) is 9.55 Å². The molecule has 4 rings (SSSR count). The molecule has 3 N–H and O–H groups in total. The standard InChI is InChI=1S/C18H21BrN4O/c19-14-4-2-13(3-5-14)10-23-9-8-21-16(23)22-15(24)18(20)11-17(12-18)6-1-7-17/h2-5,8-9H,1,6-7,10-12,20H2,(H,21,22,24). The highest BCUT2D eigenvalue weighted by Gasteiger charge is 2.58. The monoisotopic (exact) mass is 388 g/mol. The molecular formula is C18H21BrN4O. The van der Waals surface area contributed by atoms with Crippen LogP contribution in [0.2, 0.25) is 0 Å². The van der Waals surface area contributed by atoms with Crippen LogP contribution in [0.1, 0.15) is 37.7 Å². The summed E-state index contributed by atoms with van der Waals surface area (Å²) in [4.78, 5) is 16.9. The SMILES string of the molecule is NC1(C(=O)Nc2nccn2Cc2ccc(Br)cc2)CC2(CCC2)C1. The van der Waals surface area contributed by atoms with Crippen LogP contribution in [0.5, 0.6) is 0 Å². The topological polar surface area (TPSA) is 72.9 Å². The molecule has 126 valence electrons. The summed E-state index contributed by atoms with van der Waals surface area (Å²) in [6.07, 6.45) is 8.89. The van der Waals surface area contributed by atoms with Crippen LogP contribution in [-0.2, 0) is 11.3 Å². The van der Waals surface area contributed by atoms with Crippen LogP contribution in [0.25, 0.3) is 0 Å². The number of halogens is 1. The number of carbonyl (C=O) groups is 1. The van der Waals surface area contributed by atoms with Crippen molar-refractivity contribution in [3.8, 4) is 0 Å². The van der Waals surface area contributed by atoms with E-state index in [1.54, 1.807) is 6.20 Å². The van der Waals surface area contributed by atoms with E-state index in [9.17, 15) is 4.79 Å². The van der Waals surface area contributed by atoms with Crippen LogP contribution in [0.3, 0.4) is 0 Å². The molecule has 2 aliphatic carbocycles. The largest absolute Gasteiger partial charge is 0.317 e. The molecule has 0 saturated heterocycles. The van der Waals surface area contributed by atoms with Crippen LogP contribution in [-0.4, -0.2) is 21.0 Å². The summed E-state index contributed by atoms with van der Waals surface area (Å²) >= 11 is 3.44. The van der Waals surface area contributed by atoms with Gasteiger partial charge < -0.3 is 10.3 Å². The second-order valence-corrected chi connectivity index (χ2v) is 8.24. The van der Waals surface area contributed by atoms with E-state index in [-0.39, 0.29) is 5.91 Å². The van der Waals surface area contributed by atoms with Crippen LogP contribution < -0.4 is 11.1 Å². The van der Waals surface area contributed by atoms with Crippen molar-refractivity contribution in [3.05, 3.63) is 46.7 Å². The van der Waals surface area contributed by atoms with Crippen LogP contribution in [0.15, 0.2) is 41.1 Å². The van der Waals surface area contributed by atoms with E-state index in [0.29, 0.717) is 17.9 Å². The summed E-state index contributed by atoms with van der Waals surface area (Å²) in [5, 5.41) is 2.93. The molecule has 0 radical (unpaired) electrons. The molecule has 0 atom stereocenters. The lowest BCUT2D eigenvalue weighted by atomic mass is 9.48. The van der Waals surface area contributed by atoms with E-state index in [1.807, 2.05) is 35.0 Å². The Bertz CT molecular complexity index is 756. The molecule has 6 heteroatoms. The van der Waals surface area contributed by atoms with Crippen molar-refractivity contribution < 1.29 is 4.79 Å². The fourth-order valence-corrected chi connectivity index (χ4v) is 4.32. The van der Waals surface area contributed by atoms with Gasteiger partial charge in [-0.3, -0.25) is 10.1 Å². The molecule has 2 saturated carbocycles. The maximum absolute atomic E-state index is 12.6. The number of imidazole rings is 1. The Morgan fingerprint density at radius 1 is 1.29 bits per heavy atom. The van der Waals surface area contributed by atoms with Gasteiger partial charge in [-0.2, -0.15) is 0 Å². The molecule has 1 spiro atoms. The quantitative estimate of drug-likeness (QED) is 0.843. The number of amides is 1. The van der Waals surface area contributed by atoms with E-state index in [0.717, 1.165) is 22.9 Å². The number of nitrogens with two attached hydrogens (primary N) is 1. The Balaban J connectivity index is 1.43. The van der Waals surface area contributed by atoms with Crippen molar-refractivity contribution in [2.45, 2.75) is 44.2 Å². The molecule has 2 fully saturated rings. The third kappa shape index (κ3) is 2.78. The number of aromatic nitrogens is 2. The zero-order valence-corrected chi connectivity index (χ0v) is 15.1. The highest BCUT2D eigenvalue weighted by atomic mass is 79.9. The van der Waals surface area contributed by atoms with E-state index in [1.165, 1.54) is 19.3 Å². The lowest BCUT2D eigenvalue weighted by Gasteiger charge is -2.58. The molecule has 2 aromatic rings. The molecule has 1 heterocycles. The Hall–Kier alpha value is -1.66. The fourth-order valence-electron chi connectivity index (χ4n) is 4.05. The van der Waals surface area contributed by atoms with Gasteiger partial charge in [0.15, 0.2) is 0 Å². The lowest BCUT2D eigenvalue weighted by molar-refractivity contribution is -0.135. The van der Waals surface area contributed by atoms with Crippen molar-refractivity contribution in [3.63, 3.8) is 0 Å². The summed E-state index contributed by atoms with van der Waals surface area (Å²) in [5.74, 6) is 0.450. The molecule has 0 aliphatic heterocycles. The van der Waals surface area contributed by atoms with Crippen molar-refractivity contribution in [2.75, 3.05) is 5.32 Å². The van der Waals surface area contributed by atoms with Crippen molar-refractivity contribution >= 4 is 27.8 Å². The Kier molecular flexibility index (Phi) is 3.77. The third-order valence-corrected chi connectivity index (χ3v) is 5.98. The van der Waals surface area contributed by atoms with Gasteiger partial charge in [-0.15, -0.1) is 0 Å². The first-order valence-corrected chi connectivity index (χ1v) is 9.13. The number of hydrogen-bond donors (Lipinski definition) is 2. The van der Waals surface area contributed by atoms with Gasteiger partial charge in [0.2, 0.25) is 11.9 Å². The maximum Gasteiger partial charge on any atom is 0.246 e. The van der Waals surface area contributed by atoms with Crippen LogP contribution in [0.4, 0.5) is 5.95 Å². The predicted molar refractivity (Wildman–Crippen MR) is 96.5 cm³/mol. The number of hydrogen-bond acceptors (Lipinski definition) is 3. The highest BCUT2D eigenvalue weighted by Crippen LogP contribution is 2.59. The molecule has 1 aromatic heterocycles. The number of benzene rings is 1. The second kappa shape index (κ2) is 5.70. The molecule has 2 aliphatic rings. The van der Waals surface area contributed by atoms with Gasteiger partial charge >= 0.3 is 0 Å². The normalized spacial score (nSPS) is 20.2. The minimum Gasteiger partial charge on any atom is -0.317 e. The van der Waals surface area contributed by atoms with Gasteiger partial charge in [0.25, 0.3) is 0 Å². The first kappa shape index (κ1) is 15.8. The molecule has 0 unspecified atom stereocenters. The molecule has 1 aromatic carbocycles. The summed E-state index contributed by atoms with van der Waals surface area (Å²) < 4.78 is 2.98. The first-order chi connectivity index (χ1) is 11.5. The molecular weight excluding hydrogens is 368 g/mol. The molecule has 5 nitrogen and oxygen atoms in total. The second-order valence-electron chi connectivity index (χ2n) is 7.32. The Morgan fingerprint density at radius 3 is 2.62 bits per heavy atom. The maximum atomic E-state index is 12.6. The number of anilines is 1. The summed E-state index contributed by atoms with van der Waals surface area (Å²) in [5.41, 5.74) is 7.09. The van der Waals surface area contributed by atoms with Crippen LogP contribution >= 0.6 is 15.9 Å². The van der Waals surface area contributed by atoms with E-state index >= 15 is 0 Å². The van der Waals surface area contributed by atoms with Gasteiger partial charge in [-0.1, -0.05) is 34.5 Å². The summed E-state index contributed by atoms with van der Waals surface area (Å²) in [7, 11) is 0. The smallest absolute Gasteiger partial charge is 0.246 e. The third-order valence-electron chi connectivity index (χ3n) is 5.45. The summed E-state index contributed by atoms with van der Waals surface area (Å²) in [6.45, 7) is 0.657. The molecule has 0 bridgehead atoms.